The van der Waals surface area contributed by atoms with Gasteiger partial charge in [0.2, 0.25) is 0 Å². The molecule has 1 aliphatic carbocycles. The summed E-state index contributed by atoms with van der Waals surface area (Å²) in [7, 11) is 0. The Kier molecular flexibility index (Phi) is 6.47. The van der Waals surface area contributed by atoms with Crippen molar-refractivity contribution in [1.82, 2.24) is 14.7 Å². The van der Waals surface area contributed by atoms with Crippen LogP contribution in [0.15, 0.2) is 42.5 Å². The van der Waals surface area contributed by atoms with E-state index in [9.17, 15) is 5.26 Å². The maximum atomic E-state index is 9.68. The molecule has 6 heteroatoms. The standard InChI is InChI=1S/C27H28Cl2N4/c1-18(23-10-8-21(28)16-25(23)29)33-27-15-20(7-9-24(27)26(17-30)31-33)19-11-13-32(14-12-19)22-5-3-2-4-6-22/h7-11,15-16,18,22H,2-6,12-14H2,1H3/t18-/m1/s1. The van der Waals surface area contributed by atoms with E-state index in [2.05, 4.69) is 41.2 Å². The number of benzene rings is 2. The van der Waals surface area contributed by atoms with Crippen LogP contribution in [0.1, 0.15) is 68.3 Å². The third kappa shape index (κ3) is 4.43. The van der Waals surface area contributed by atoms with E-state index in [-0.39, 0.29) is 6.04 Å². The Morgan fingerprint density at radius 1 is 1.09 bits per heavy atom. The molecule has 0 saturated heterocycles. The van der Waals surface area contributed by atoms with E-state index in [1.54, 1.807) is 6.07 Å². The number of nitriles is 1. The summed E-state index contributed by atoms with van der Waals surface area (Å²) >= 11 is 12.6. The number of rotatable bonds is 4. The lowest BCUT2D eigenvalue weighted by molar-refractivity contribution is 0.171. The first-order chi connectivity index (χ1) is 16.0. The molecule has 0 radical (unpaired) electrons. The summed E-state index contributed by atoms with van der Waals surface area (Å²) in [6.45, 7) is 4.20. The van der Waals surface area contributed by atoms with Crippen LogP contribution in [0.25, 0.3) is 16.5 Å². The average Bonchev–Trinajstić information content (AvgIpc) is 3.22. The van der Waals surface area contributed by atoms with Crippen LogP contribution >= 0.6 is 23.2 Å². The topological polar surface area (TPSA) is 44.9 Å². The van der Waals surface area contributed by atoms with Gasteiger partial charge in [0.05, 0.1) is 11.6 Å². The average molecular weight is 479 g/mol. The largest absolute Gasteiger partial charge is 0.296 e. The van der Waals surface area contributed by atoms with Crippen LogP contribution in [0.4, 0.5) is 0 Å². The maximum absolute atomic E-state index is 9.68. The van der Waals surface area contributed by atoms with Crippen molar-refractivity contribution in [2.24, 2.45) is 0 Å². The second-order valence-electron chi connectivity index (χ2n) is 9.24. The van der Waals surface area contributed by atoms with Crippen molar-refractivity contribution in [3.63, 3.8) is 0 Å². The quantitative estimate of drug-likeness (QED) is 0.396. The molecule has 1 aromatic heterocycles. The Hall–Kier alpha value is -2.32. The molecule has 170 valence electrons. The summed E-state index contributed by atoms with van der Waals surface area (Å²) < 4.78 is 1.92. The molecule has 1 saturated carbocycles. The van der Waals surface area contributed by atoms with Crippen LogP contribution in [-0.4, -0.2) is 33.8 Å². The smallest absolute Gasteiger partial charge is 0.170 e. The Bertz CT molecular complexity index is 1250. The van der Waals surface area contributed by atoms with Gasteiger partial charge >= 0.3 is 0 Å². The van der Waals surface area contributed by atoms with E-state index in [4.69, 9.17) is 23.2 Å². The van der Waals surface area contributed by atoms with Crippen LogP contribution in [0.5, 0.6) is 0 Å². The molecule has 1 atom stereocenters. The van der Waals surface area contributed by atoms with Gasteiger partial charge in [-0.15, -0.1) is 0 Å². The molecule has 2 heterocycles. The minimum absolute atomic E-state index is 0.128. The van der Waals surface area contributed by atoms with Gasteiger partial charge in [0.25, 0.3) is 0 Å². The highest BCUT2D eigenvalue weighted by atomic mass is 35.5. The molecule has 3 aromatic rings. The van der Waals surface area contributed by atoms with E-state index in [1.807, 2.05) is 22.9 Å². The molecule has 1 aliphatic heterocycles. The first-order valence-electron chi connectivity index (χ1n) is 11.9. The number of halogens is 2. The lowest BCUT2D eigenvalue weighted by Gasteiger charge is -2.36. The van der Waals surface area contributed by atoms with Gasteiger partial charge in [0.1, 0.15) is 6.07 Å². The lowest BCUT2D eigenvalue weighted by Crippen LogP contribution is -2.39. The fraction of sp³-hybridized carbons (Fsp3) is 0.407. The number of nitrogens with zero attached hydrogens (tertiary/aromatic N) is 4. The predicted molar refractivity (Wildman–Crippen MR) is 136 cm³/mol. The Balaban J connectivity index is 1.47. The van der Waals surface area contributed by atoms with E-state index in [0.29, 0.717) is 15.7 Å². The zero-order valence-electron chi connectivity index (χ0n) is 18.9. The zero-order valence-corrected chi connectivity index (χ0v) is 20.4. The van der Waals surface area contributed by atoms with Crippen LogP contribution in [0.2, 0.25) is 10.0 Å². The Morgan fingerprint density at radius 3 is 2.61 bits per heavy atom. The normalized spacial score (nSPS) is 18.8. The van der Waals surface area contributed by atoms with Gasteiger partial charge in [-0.3, -0.25) is 9.58 Å². The summed E-state index contributed by atoms with van der Waals surface area (Å²) in [6, 6.07) is 14.8. The summed E-state index contributed by atoms with van der Waals surface area (Å²) in [5.74, 6) is 0. The van der Waals surface area contributed by atoms with Crippen molar-refractivity contribution in [3.8, 4) is 6.07 Å². The number of hydrogen-bond donors (Lipinski definition) is 0. The maximum Gasteiger partial charge on any atom is 0.170 e. The first kappa shape index (κ1) is 22.5. The third-order valence-corrected chi connectivity index (χ3v) is 7.86. The van der Waals surface area contributed by atoms with Crippen LogP contribution in [0.3, 0.4) is 0 Å². The van der Waals surface area contributed by atoms with E-state index >= 15 is 0 Å². The van der Waals surface area contributed by atoms with Gasteiger partial charge in [-0.2, -0.15) is 10.4 Å². The molecule has 2 aliphatic rings. The Morgan fingerprint density at radius 2 is 1.91 bits per heavy atom. The number of hydrogen-bond acceptors (Lipinski definition) is 3. The van der Waals surface area contributed by atoms with Gasteiger partial charge in [-0.25, -0.2) is 0 Å². The van der Waals surface area contributed by atoms with Crippen molar-refractivity contribution in [2.75, 3.05) is 13.1 Å². The van der Waals surface area contributed by atoms with Crippen molar-refractivity contribution in [2.45, 2.75) is 57.5 Å². The highest BCUT2D eigenvalue weighted by Gasteiger charge is 2.24. The molecule has 4 nitrogen and oxygen atoms in total. The fourth-order valence-electron chi connectivity index (χ4n) is 5.41. The van der Waals surface area contributed by atoms with Gasteiger partial charge in [0.15, 0.2) is 5.69 Å². The molecule has 0 unspecified atom stereocenters. The first-order valence-corrected chi connectivity index (χ1v) is 12.6. The highest BCUT2D eigenvalue weighted by Crippen LogP contribution is 2.34. The number of fused-ring (bicyclic) bond motifs is 1. The predicted octanol–water partition coefficient (Wildman–Crippen LogP) is 7.25. The summed E-state index contributed by atoms with van der Waals surface area (Å²) in [5, 5.41) is 16.4. The van der Waals surface area contributed by atoms with E-state index < -0.39 is 0 Å². The van der Waals surface area contributed by atoms with Crippen LogP contribution < -0.4 is 0 Å². The zero-order chi connectivity index (χ0) is 22.9. The van der Waals surface area contributed by atoms with E-state index in [0.717, 1.165) is 42.0 Å². The molecule has 5 rings (SSSR count). The monoisotopic (exact) mass is 478 g/mol. The molecule has 2 aromatic carbocycles. The minimum atomic E-state index is -0.128. The minimum Gasteiger partial charge on any atom is -0.296 e. The van der Waals surface area contributed by atoms with Crippen molar-refractivity contribution in [1.29, 1.82) is 5.26 Å². The highest BCUT2D eigenvalue weighted by molar-refractivity contribution is 6.35. The molecule has 0 N–H and O–H groups in total. The molecule has 1 fully saturated rings. The molecule has 0 amide bonds. The fourth-order valence-corrected chi connectivity index (χ4v) is 5.98. The van der Waals surface area contributed by atoms with Crippen molar-refractivity contribution in [3.05, 3.63) is 69.3 Å². The molecular formula is C27H28Cl2N4. The molecule has 33 heavy (non-hydrogen) atoms. The van der Waals surface area contributed by atoms with Gasteiger partial charge in [-0.05, 0) is 67.2 Å². The van der Waals surface area contributed by atoms with E-state index in [1.165, 1.54) is 43.2 Å². The summed E-state index contributed by atoms with van der Waals surface area (Å²) in [5.41, 5.74) is 4.92. The van der Waals surface area contributed by atoms with Crippen molar-refractivity contribution < 1.29 is 0 Å². The number of aromatic nitrogens is 2. The molecule has 0 bridgehead atoms. The second-order valence-corrected chi connectivity index (χ2v) is 10.1. The molecule has 0 spiro atoms. The van der Waals surface area contributed by atoms with Crippen molar-refractivity contribution >= 4 is 39.7 Å². The van der Waals surface area contributed by atoms with Gasteiger partial charge in [0, 0.05) is 34.6 Å². The molecular weight excluding hydrogens is 451 g/mol. The summed E-state index contributed by atoms with van der Waals surface area (Å²) in [6.07, 6.45) is 10.3. The van der Waals surface area contributed by atoms with Gasteiger partial charge in [-0.1, -0.05) is 60.7 Å². The van der Waals surface area contributed by atoms with Crippen LogP contribution in [-0.2, 0) is 0 Å². The third-order valence-electron chi connectivity index (χ3n) is 7.30. The second kappa shape index (κ2) is 9.50. The summed E-state index contributed by atoms with van der Waals surface area (Å²) in [4.78, 5) is 2.66. The van der Waals surface area contributed by atoms with Gasteiger partial charge < -0.3 is 0 Å². The lowest BCUT2D eigenvalue weighted by atomic mass is 9.91. The Labute approximate surface area is 205 Å². The SMILES string of the molecule is C[C@H](c1ccc(Cl)cc1Cl)n1nc(C#N)c2ccc(C3=CCN(C4CCCCC4)CC3)cc21. The van der Waals surface area contributed by atoms with Crippen LogP contribution in [0, 0.1) is 11.3 Å².